The maximum absolute atomic E-state index is 6.43. The third-order valence-corrected chi connectivity index (χ3v) is 6.60. The van der Waals surface area contributed by atoms with E-state index in [0.29, 0.717) is 25.1 Å². The third-order valence-electron chi connectivity index (χ3n) is 6.60. The van der Waals surface area contributed by atoms with Gasteiger partial charge in [0, 0.05) is 43.2 Å². The first-order chi connectivity index (χ1) is 16.7. The van der Waals surface area contributed by atoms with E-state index in [1.165, 1.54) is 6.42 Å². The molecule has 0 aliphatic carbocycles. The SMILES string of the molecule is CN1CCCC(c2cc3nc(Nc4cc(-c5ccccc5)n[nH]4)nc(N4CCOCC4)c3o2)C1.Cl. The topological polar surface area (TPSA) is 95.3 Å². The summed E-state index contributed by atoms with van der Waals surface area (Å²) in [5.74, 6) is 3.45. The van der Waals surface area contributed by atoms with Gasteiger partial charge < -0.3 is 24.3 Å². The number of nitrogens with one attached hydrogen (secondary N) is 2. The average molecular weight is 496 g/mol. The number of anilines is 3. The van der Waals surface area contributed by atoms with Crippen LogP contribution in [0.5, 0.6) is 0 Å². The number of hydrogen-bond donors (Lipinski definition) is 2. The molecule has 4 aromatic rings. The van der Waals surface area contributed by atoms with Crippen molar-refractivity contribution in [1.82, 2.24) is 25.1 Å². The maximum Gasteiger partial charge on any atom is 0.231 e. The first-order valence-corrected chi connectivity index (χ1v) is 11.9. The molecule has 6 rings (SSSR count). The number of nitrogens with zero attached hydrogens (tertiary/aromatic N) is 5. The maximum atomic E-state index is 6.43. The summed E-state index contributed by atoms with van der Waals surface area (Å²) in [6.45, 7) is 5.04. The Balaban J connectivity index is 0.00000253. The van der Waals surface area contributed by atoms with Crippen LogP contribution in [0.25, 0.3) is 22.4 Å². The van der Waals surface area contributed by atoms with E-state index in [1.54, 1.807) is 0 Å². The van der Waals surface area contributed by atoms with Crippen molar-refractivity contribution in [2.45, 2.75) is 18.8 Å². The Morgan fingerprint density at radius 3 is 2.69 bits per heavy atom. The van der Waals surface area contributed by atoms with E-state index in [1.807, 2.05) is 36.4 Å². The monoisotopic (exact) mass is 495 g/mol. The van der Waals surface area contributed by atoms with E-state index in [9.17, 15) is 0 Å². The van der Waals surface area contributed by atoms with Crippen LogP contribution in [0.2, 0.25) is 0 Å². The minimum atomic E-state index is 0. The Hall–Kier alpha value is -3.14. The fourth-order valence-corrected chi connectivity index (χ4v) is 4.84. The van der Waals surface area contributed by atoms with Crippen LogP contribution in [0, 0.1) is 0 Å². The molecule has 2 aliphatic heterocycles. The van der Waals surface area contributed by atoms with Crippen molar-refractivity contribution in [3.8, 4) is 11.3 Å². The third kappa shape index (κ3) is 4.98. The van der Waals surface area contributed by atoms with E-state index in [2.05, 4.69) is 38.4 Å². The lowest BCUT2D eigenvalue weighted by atomic mass is 9.96. The number of aromatic amines is 1. The van der Waals surface area contributed by atoms with Gasteiger partial charge in [-0.25, -0.2) is 4.98 Å². The number of rotatable bonds is 5. The van der Waals surface area contributed by atoms with Crippen molar-refractivity contribution in [1.29, 1.82) is 0 Å². The van der Waals surface area contributed by atoms with Gasteiger partial charge in [0.15, 0.2) is 11.4 Å². The summed E-state index contributed by atoms with van der Waals surface area (Å²) < 4.78 is 12.0. The minimum Gasteiger partial charge on any atom is -0.455 e. The van der Waals surface area contributed by atoms with Gasteiger partial charge in [-0.1, -0.05) is 30.3 Å². The molecule has 5 heterocycles. The van der Waals surface area contributed by atoms with Crippen molar-refractivity contribution in [3.05, 3.63) is 48.2 Å². The Kier molecular flexibility index (Phi) is 6.90. The number of morpholine rings is 1. The highest BCUT2D eigenvalue weighted by atomic mass is 35.5. The summed E-state index contributed by atoms with van der Waals surface area (Å²) in [6.07, 6.45) is 2.31. The van der Waals surface area contributed by atoms with Gasteiger partial charge in [-0.15, -0.1) is 12.4 Å². The standard InChI is InChI=1S/C25H29N7O2.ClH/c1-31-9-5-8-18(16-31)21-14-20-23(34-21)24(32-10-12-33-13-11-32)28-25(26-20)27-22-15-19(29-30-22)17-6-3-2-4-7-17;/h2-4,6-7,14-15,18H,5,8-13,16H2,1H3,(H2,26,27,28,29,30);1H. The Morgan fingerprint density at radius 1 is 1.06 bits per heavy atom. The molecule has 2 N–H and O–H groups in total. The molecule has 0 saturated carbocycles. The number of ether oxygens (including phenoxy) is 1. The van der Waals surface area contributed by atoms with Crippen molar-refractivity contribution in [2.24, 2.45) is 0 Å². The predicted molar refractivity (Wildman–Crippen MR) is 139 cm³/mol. The van der Waals surface area contributed by atoms with Gasteiger partial charge in [-0.05, 0) is 26.4 Å². The highest BCUT2D eigenvalue weighted by molar-refractivity contribution is 5.86. The van der Waals surface area contributed by atoms with Crippen molar-refractivity contribution in [2.75, 3.05) is 56.7 Å². The quantitative estimate of drug-likeness (QED) is 0.420. The number of piperidine rings is 1. The van der Waals surface area contributed by atoms with Crippen LogP contribution in [0.15, 0.2) is 46.9 Å². The molecule has 2 saturated heterocycles. The Bertz CT molecular complexity index is 1270. The zero-order chi connectivity index (χ0) is 22.9. The Labute approximate surface area is 210 Å². The summed E-state index contributed by atoms with van der Waals surface area (Å²) in [6, 6.07) is 14.1. The number of halogens is 1. The lowest BCUT2D eigenvalue weighted by Gasteiger charge is -2.28. The number of aromatic nitrogens is 4. The predicted octanol–water partition coefficient (Wildman–Crippen LogP) is 4.42. The van der Waals surface area contributed by atoms with Crippen LogP contribution in [0.3, 0.4) is 0 Å². The molecule has 1 unspecified atom stereocenters. The van der Waals surface area contributed by atoms with Gasteiger partial charge >= 0.3 is 0 Å². The summed E-state index contributed by atoms with van der Waals surface area (Å²) in [7, 11) is 2.17. The molecular formula is C25H30ClN7O2. The summed E-state index contributed by atoms with van der Waals surface area (Å²) in [4.78, 5) is 14.3. The van der Waals surface area contributed by atoms with E-state index in [4.69, 9.17) is 19.1 Å². The number of likely N-dealkylation sites (N-methyl/N-ethyl adjacent to an activating group) is 1. The molecule has 0 radical (unpaired) electrons. The molecule has 0 bridgehead atoms. The number of benzene rings is 1. The second-order valence-electron chi connectivity index (χ2n) is 9.09. The molecule has 184 valence electrons. The number of H-pyrrole nitrogens is 1. The molecule has 0 spiro atoms. The van der Waals surface area contributed by atoms with Crippen LogP contribution >= 0.6 is 12.4 Å². The van der Waals surface area contributed by atoms with Gasteiger partial charge in [0.05, 0.1) is 18.9 Å². The fourth-order valence-electron chi connectivity index (χ4n) is 4.84. The van der Waals surface area contributed by atoms with Gasteiger partial charge in [0.1, 0.15) is 17.1 Å². The molecular weight excluding hydrogens is 466 g/mol. The van der Waals surface area contributed by atoms with E-state index in [0.717, 1.165) is 72.4 Å². The number of fused-ring (bicyclic) bond motifs is 1. The van der Waals surface area contributed by atoms with Crippen LogP contribution in [-0.2, 0) is 4.74 Å². The number of likely N-dealkylation sites (tertiary alicyclic amines) is 1. The first-order valence-electron chi connectivity index (χ1n) is 11.9. The molecule has 35 heavy (non-hydrogen) atoms. The first kappa shape index (κ1) is 23.6. The molecule has 10 heteroatoms. The number of furan rings is 1. The molecule has 1 atom stereocenters. The van der Waals surface area contributed by atoms with Crippen LogP contribution < -0.4 is 10.2 Å². The lowest BCUT2D eigenvalue weighted by Crippen LogP contribution is -2.37. The normalized spacial score (nSPS) is 19.0. The second-order valence-corrected chi connectivity index (χ2v) is 9.09. The molecule has 9 nitrogen and oxygen atoms in total. The fraction of sp³-hybridized carbons (Fsp3) is 0.400. The van der Waals surface area contributed by atoms with Gasteiger partial charge in [0.2, 0.25) is 5.95 Å². The molecule has 1 aromatic carbocycles. The van der Waals surface area contributed by atoms with Crippen molar-refractivity contribution >= 4 is 41.1 Å². The summed E-state index contributed by atoms with van der Waals surface area (Å²) >= 11 is 0. The van der Waals surface area contributed by atoms with Gasteiger partial charge in [0.25, 0.3) is 0 Å². The molecule has 2 aliphatic rings. The summed E-state index contributed by atoms with van der Waals surface area (Å²) in [5.41, 5.74) is 3.49. The van der Waals surface area contributed by atoms with E-state index in [-0.39, 0.29) is 12.4 Å². The highest BCUT2D eigenvalue weighted by Gasteiger charge is 2.26. The molecule has 3 aromatic heterocycles. The minimum absolute atomic E-state index is 0. The van der Waals surface area contributed by atoms with Crippen molar-refractivity contribution in [3.63, 3.8) is 0 Å². The van der Waals surface area contributed by atoms with Crippen LogP contribution in [0.4, 0.5) is 17.6 Å². The lowest BCUT2D eigenvalue weighted by molar-refractivity contribution is 0.122. The smallest absolute Gasteiger partial charge is 0.231 e. The van der Waals surface area contributed by atoms with E-state index >= 15 is 0 Å². The zero-order valence-electron chi connectivity index (χ0n) is 19.7. The highest BCUT2D eigenvalue weighted by Crippen LogP contribution is 2.35. The Morgan fingerprint density at radius 2 is 1.89 bits per heavy atom. The largest absolute Gasteiger partial charge is 0.455 e. The molecule has 0 amide bonds. The van der Waals surface area contributed by atoms with E-state index < -0.39 is 0 Å². The van der Waals surface area contributed by atoms with Gasteiger partial charge in [-0.2, -0.15) is 10.1 Å². The second kappa shape index (κ2) is 10.2. The number of hydrogen-bond acceptors (Lipinski definition) is 8. The average Bonchev–Trinajstić information content (AvgIpc) is 3.52. The summed E-state index contributed by atoms with van der Waals surface area (Å²) in [5, 5.41) is 10.8. The molecule has 2 fully saturated rings. The zero-order valence-corrected chi connectivity index (χ0v) is 20.6. The van der Waals surface area contributed by atoms with Gasteiger partial charge in [-0.3, -0.25) is 5.10 Å². The van der Waals surface area contributed by atoms with Crippen LogP contribution in [0.1, 0.15) is 24.5 Å². The van der Waals surface area contributed by atoms with Crippen LogP contribution in [-0.4, -0.2) is 71.5 Å². The van der Waals surface area contributed by atoms with Crippen molar-refractivity contribution < 1.29 is 9.15 Å².